The minimum Gasteiger partial charge on any atom is -0.460 e. The number of hydrogen-bond donors (Lipinski definition) is 1. The zero-order valence-electron chi connectivity index (χ0n) is 12.3. The lowest BCUT2D eigenvalue weighted by molar-refractivity contribution is 0.0512. The van der Waals surface area contributed by atoms with Crippen molar-refractivity contribution in [2.75, 3.05) is 6.61 Å². The number of aromatic nitrogens is 8. The standard InChI is InChI=1S/C11H12N8O3S/c1-3-22-9(21)8-13-10-12-6(4-7(20)19(10)15-8)5-23-11-14-16-17-18(11)2/h4H,3,5H2,1-2H3,(H,12,13,15). The molecule has 3 rings (SSSR count). The highest BCUT2D eigenvalue weighted by Gasteiger charge is 2.15. The molecular weight excluding hydrogens is 324 g/mol. The predicted molar refractivity (Wildman–Crippen MR) is 77.9 cm³/mol. The maximum atomic E-state index is 12.1. The smallest absolute Gasteiger partial charge is 0.375 e. The second kappa shape index (κ2) is 6.16. The number of nitrogens with one attached hydrogen (secondary N) is 1. The normalized spacial score (nSPS) is 11.0. The van der Waals surface area contributed by atoms with Crippen molar-refractivity contribution in [1.82, 2.24) is 39.8 Å². The highest BCUT2D eigenvalue weighted by atomic mass is 32.2. The van der Waals surface area contributed by atoms with Crippen LogP contribution >= 0.6 is 11.8 Å². The summed E-state index contributed by atoms with van der Waals surface area (Å²) >= 11 is 1.33. The molecule has 0 aliphatic rings. The van der Waals surface area contributed by atoms with Crippen LogP contribution in [-0.2, 0) is 17.5 Å². The molecule has 0 bridgehead atoms. The fraction of sp³-hybridized carbons (Fsp3) is 0.364. The lowest BCUT2D eigenvalue weighted by atomic mass is 10.4. The molecule has 0 atom stereocenters. The summed E-state index contributed by atoms with van der Waals surface area (Å²) in [4.78, 5) is 31.9. The molecule has 0 amide bonds. The van der Waals surface area contributed by atoms with Gasteiger partial charge in [-0.25, -0.2) is 14.5 Å². The Morgan fingerprint density at radius 1 is 1.43 bits per heavy atom. The van der Waals surface area contributed by atoms with Crippen LogP contribution in [0.4, 0.5) is 0 Å². The number of carbonyl (C=O) groups is 1. The molecule has 23 heavy (non-hydrogen) atoms. The number of tetrazole rings is 1. The third-order valence-corrected chi connectivity index (χ3v) is 3.83. The summed E-state index contributed by atoms with van der Waals surface area (Å²) in [6.07, 6.45) is 0. The van der Waals surface area contributed by atoms with Crippen LogP contribution in [0.2, 0.25) is 0 Å². The van der Waals surface area contributed by atoms with Gasteiger partial charge in [-0.2, -0.15) is 9.50 Å². The number of rotatable bonds is 5. The van der Waals surface area contributed by atoms with E-state index in [4.69, 9.17) is 4.74 Å². The van der Waals surface area contributed by atoms with Crippen molar-refractivity contribution in [2.24, 2.45) is 7.05 Å². The number of nitrogens with zero attached hydrogens (tertiary/aromatic N) is 7. The second-order valence-corrected chi connectivity index (χ2v) is 5.33. The van der Waals surface area contributed by atoms with Crippen molar-refractivity contribution < 1.29 is 9.53 Å². The average Bonchev–Trinajstić information content (AvgIpc) is 3.12. The molecule has 0 fully saturated rings. The third kappa shape index (κ3) is 3.06. The summed E-state index contributed by atoms with van der Waals surface area (Å²) < 4.78 is 7.44. The molecule has 3 aromatic rings. The fourth-order valence-corrected chi connectivity index (χ4v) is 2.52. The molecular formula is C11H12N8O3S. The summed E-state index contributed by atoms with van der Waals surface area (Å²) in [5.41, 5.74) is 0.134. The quantitative estimate of drug-likeness (QED) is 0.479. The average molecular weight is 336 g/mol. The molecule has 3 aromatic heterocycles. The van der Waals surface area contributed by atoms with Crippen molar-refractivity contribution in [3.63, 3.8) is 0 Å². The van der Waals surface area contributed by atoms with E-state index >= 15 is 0 Å². The second-order valence-electron chi connectivity index (χ2n) is 4.39. The van der Waals surface area contributed by atoms with E-state index in [-0.39, 0.29) is 23.8 Å². The molecule has 0 aromatic carbocycles. The van der Waals surface area contributed by atoms with Crippen LogP contribution in [0.15, 0.2) is 16.0 Å². The molecule has 0 radical (unpaired) electrons. The van der Waals surface area contributed by atoms with Crippen molar-refractivity contribution in [1.29, 1.82) is 0 Å². The number of esters is 1. The summed E-state index contributed by atoms with van der Waals surface area (Å²) in [6.45, 7) is 1.90. The van der Waals surface area contributed by atoms with Gasteiger partial charge >= 0.3 is 5.97 Å². The van der Waals surface area contributed by atoms with Gasteiger partial charge in [0.1, 0.15) is 0 Å². The maximum absolute atomic E-state index is 12.1. The summed E-state index contributed by atoms with van der Waals surface area (Å²) in [5.74, 6) is -0.217. The number of hydrogen-bond acceptors (Lipinski definition) is 9. The van der Waals surface area contributed by atoms with Crippen LogP contribution in [0.1, 0.15) is 23.2 Å². The Labute approximate surface area is 133 Å². The van der Waals surface area contributed by atoms with E-state index in [9.17, 15) is 9.59 Å². The Morgan fingerprint density at radius 2 is 2.26 bits per heavy atom. The summed E-state index contributed by atoms with van der Waals surface area (Å²) in [6, 6.07) is 1.36. The van der Waals surface area contributed by atoms with Crippen LogP contribution in [-0.4, -0.2) is 52.4 Å². The predicted octanol–water partition coefficient (Wildman–Crippen LogP) is -0.590. The molecule has 3 heterocycles. The minimum absolute atomic E-state index is 0.0706. The van der Waals surface area contributed by atoms with Gasteiger partial charge in [-0.3, -0.25) is 9.89 Å². The summed E-state index contributed by atoms with van der Waals surface area (Å²) in [5, 5.41) is 14.2. The Balaban J connectivity index is 1.87. The van der Waals surface area contributed by atoms with E-state index in [0.717, 1.165) is 4.52 Å². The number of aromatic amines is 1. The molecule has 0 saturated heterocycles. The van der Waals surface area contributed by atoms with Gasteiger partial charge in [0.15, 0.2) is 0 Å². The molecule has 0 unspecified atom stereocenters. The van der Waals surface area contributed by atoms with Crippen molar-refractivity contribution >= 4 is 23.5 Å². The first-order valence-electron chi connectivity index (χ1n) is 6.59. The molecule has 0 aliphatic heterocycles. The first-order chi connectivity index (χ1) is 11.1. The van der Waals surface area contributed by atoms with Gasteiger partial charge in [-0.15, -0.1) is 5.10 Å². The Kier molecular flexibility index (Phi) is 4.06. The fourth-order valence-electron chi connectivity index (χ4n) is 1.77. The molecule has 0 aliphatic carbocycles. The van der Waals surface area contributed by atoms with Crippen molar-refractivity contribution in [3.8, 4) is 0 Å². The van der Waals surface area contributed by atoms with Crippen LogP contribution in [0, 0.1) is 0 Å². The largest absolute Gasteiger partial charge is 0.460 e. The van der Waals surface area contributed by atoms with E-state index in [1.54, 1.807) is 14.0 Å². The van der Waals surface area contributed by atoms with E-state index in [2.05, 4.69) is 30.6 Å². The highest BCUT2D eigenvalue weighted by molar-refractivity contribution is 7.98. The van der Waals surface area contributed by atoms with Gasteiger partial charge in [0.25, 0.3) is 11.3 Å². The molecule has 120 valence electrons. The molecule has 1 N–H and O–H groups in total. The third-order valence-electron chi connectivity index (χ3n) is 2.78. The van der Waals surface area contributed by atoms with Gasteiger partial charge in [0.05, 0.1) is 12.3 Å². The van der Waals surface area contributed by atoms with Gasteiger partial charge in [0, 0.05) is 18.9 Å². The van der Waals surface area contributed by atoms with E-state index in [0.29, 0.717) is 16.6 Å². The van der Waals surface area contributed by atoms with Crippen molar-refractivity contribution in [2.45, 2.75) is 17.8 Å². The maximum Gasteiger partial charge on any atom is 0.375 e. The van der Waals surface area contributed by atoms with Gasteiger partial charge < -0.3 is 4.74 Å². The lowest BCUT2D eigenvalue weighted by Crippen LogP contribution is -2.16. The molecule has 0 spiro atoms. The van der Waals surface area contributed by atoms with Gasteiger partial charge in [-0.1, -0.05) is 11.8 Å². The van der Waals surface area contributed by atoms with Crippen LogP contribution < -0.4 is 5.56 Å². The first-order valence-corrected chi connectivity index (χ1v) is 7.58. The minimum atomic E-state index is -0.640. The van der Waals surface area contributed by atoms with Crippen LogP contribution in [0.3, 0.4) is 0 Å². The highest BCUT2D eigenvalue weighted by Crippen LogP contribution is 2.17. The number of H-pyrrole nitrogens is 1. The first kappa shape index (κ1) is 15.1. The van der Waals surface area contributed by atoms with Gasteiger partial charge in [-0.05, 0) is 17.4 Å². The molecule has 11 nitrogen and oxygen atoms in total. The van der Waals surface area contributed by atoms with Gasteiger partial charge in [0.2, 0.25) is 11.0 Å². The zero-order valence-corrected chi connectivity index (χ0v) is 13.1. The van der Waals surface area contributed by atoms with E-state index in [1.807, 2.05) is 0 Å². The summed E-state index contributed by atoms with van der Waals surface area (Å²) in [7, 11) is 1.72. The molecule has 0 saturated carbocycles. The Morgan fingerprint density at radius 3 is 2.96 bits per heavy atom. The van der Waals surface area contributed by atoms with Crippen LogP contribution in [0.5, 0.6) is 0 Å². The van der Waals surface area contributed by atoms with E-state index < -0.39 is 5.97 Å². The Hall–Kier alpha value is -2.76. The Bertz CT molecular complexity index is 914. The lowest BCUT2D eigenvalue weighted by Gasteiger charge is -1.99. The number of ether oxygens (including phenoxy) is 1. The SMILES string of the molecule is CCOC(=O)c1nc2nc(CSc3nnnn3C)cc(=O)n2[nH]1. The monoisotopic (exact) mass is 336 g/mol. The van der Waals surface area contributed by atoms with Crippen molar-refractivity contribution in [3.05, 3.63) is 27.9 Å². The number of fused-ring (bicyclic) bond motifs is 1. The van der Waals surface area contributed by atoms with E-state index in [1.165, 1.54) is 22.5 Å². The topological polar surface area (TPSA) is 133 Å². The van der Waals surface area contributed by atoms with Crippen LogP contribution in [0.25, 0.3) is 5.78 Å². The number of carbonyl (C=O) groups excluding carboxylic acids is 1. The number of thioether (sulfide) groups is 1. The molecule has 12 heteroatoms. The number of aryl methyl sites for hydroxylation is 1. The zero-order chi connectivity index (χ0) is 16.4.